The van der Waals surface area contributed by atoms with Crippen LogP contribution in [0.3, 0.4) is 0 Å². The monoisotopic (exact) mass is 159 g/mol. The van der Waals surface area contributed by atoms with E-state index in [0.717, 1.165) is 19.4 Å². The maximum atomic E-state index is 8.95. The van der Waals surface area contributed by atoms with Crippen molar-refractivity contribution in [3.05, 3.63) is 0 Å². The first-order valence-electron chi connectivity index (χ1n) is 4.35. The molecular weight excluding hydrogens is 138 g/mol. The molecule has 0 amide bonds. The van der Waals surface area contributed by atoms with Crippen molar-refractivity contribution in [2.24, 2.45) is 0 Å². The third-order valence-corrected chi connectivity index (χ3v) is 1.45. The van der Waals surface area contributed by atoms with E-state index in [1.807, 2.05) is 6.92 Å². The van der Waals surface area contributed by atoms with Crippen molar-refractivity contribution >= 4 is 0 Å². The molecule has 0 aliphatic rings. The summed E-state index contributed by atoms with van der Waals surface area (Å²) >= 11 is 0. The molecule has 0 aliphatic heterocycles. The fourth-order valence-electron chi connectivity index (χ4n) is 0.861. The molecule has 1 atom stereocenters. The highest BCUT2D eigenvalue weighted by Gasteiger charge is 2.07. The van der Waals surface area contributed by atoms with Crippen LogP contribution in [0.2, 0.25) is 0 Å². The average Bonchev–Trinajstić information content (AvgIpc) is 1.78. The number of rotatable bonds is 4. The lowest BCUT2D eigenvalue weighted by Crippen LogP contribution is -2.36. The first-order valence-corrected chi connectivity index (χ1v) is 4.35. The lowest BCUT2D eigenvalue weighted by molar-refractivity contribution is 0.180. The minimum atomic E-state index is -0.156. The summed E-state index contributed by atoms with van der Waals surface area (Å²) < 4.78 is 0. The second kappa shape index (κ2) is 4.73. The summed E-state index contributed by atoms with van der Waals surface area (Å²) in [6, 6.07) is 0. The molecule has 0 aromatic heterocycles. The molecule has 0 fully saturated rings. The second-order valence-corrected chi connectivity index (χ2v) is 4.17. The Balaban J connectivity index is 3.15. The molecule has 2 nitrogen and oxygen atoms in total. The summed E-state index contributed by atoms with van der Waals surface area (Å²) in [6.45, 7) is 9.27. The SMILES string of the molecule is CC(O)CCCNC(C)(C)C. The van der Waals surface area contributed by atoms with Crippen LogP contribution in [0, 0.1) is 0 Å². The first-order chi connectivity index (χ1) is 4.92. The maximum Gasteiger partial charge on any atom is 0.0512 e. The van der Waals surface area contributed by atoms with Crippen LogP contribution in [-0.2, 0) is 0 Å². The number of nitrogens with one attached hydrogen (secondary N) is 1. The minimum absolute atomic E-state index is 0.156. The predicted molar refractivity (Wildman–Crippen MR) is 48.7 cm³/mol. The van der Waals surface area contributed by atoms with Gasteiger partial charge in [0, 0.05) is 5.54 Å². The highest BCUT2D eigenvalue weighted by atomic mass is 16.3. The third-order valence-electron chi connectivity index (χ3n) is 1.45. The Morgan fingerprint density at radius 2 is 1.91 bits per heavy atom. The van der Waals surface area contributed by atoms with Crippen LogP contribution in [0.5, 0.6) is 0 Å². The number of aliphatic hydroxyl groups is 1. The Hall–Kier alpha value is -0.0800. The third kappa shape index (κ3) is 9.92. The largest absolute Gasteiger partial charge is 0.393 e. The van der Waals surface area contributed by atoms with Crippen molar-refractivity contribution in [2.45, 2.75) is 52.2 Å². The predicted octanol–water partition coefficient (Wildman–Crippen LogP) is 1.54. The van der Waals surface area contributed by atoms with Crippen molar-refractivity contribution < 1.29 is 5.11 Å². The van der Waals surface area contributed by atoms with E-state index in [1.54, 1.807) is 0 Å². The van der Waals surface area contributed by atoms with E-state index in [4.69, 9.17) is 5.11 Å². The first kappa shape index (κ1) is 10.9. The van der Waals surface area contributed by atoms with E-state index in [0.29, 0.717) is 0 Å². The summed E-state index contributed by atoms with van der Waals surface area (Å²) in [5, 5.41) is 12.3. The van der Waals surface area contributed by atoms with Gasteiger partial charge in [-0.2, -0.15) is 0 Å². The highest BCUT2D eigenvalue weighted by Crippen LogP contribution is 2.00. The standard InChI is InChI=1S/C9H21NO/c1-8(11)6-5-7-10-9(2,3)4/h8,10-11H,5-7H2,1-4H3. The topological polar surface area (TPSA) is 32.3 Å². The van der Waals surface area contributed by atoms with E-state index in [1.165, 1.54) is 0 Å². The van der Waals surface area contributed by atoms with Gasteiger partial charge in [0.05, 0.1) is 6.10 Å². The Bertz CT molecular complexity index is 94.2. The summed E-state index contributed by atoms with van der Waals surface area (Å²) in [7, 11) is 0. The zero-order valence-electron chi connectivity index (χ0n) is 8.15. The molecule has 2 heteroatoms. The molecule has 0 rings (SSSR count). The van der Waals surface area contributed by atoms with Gasteiger partial charge in [-0.3, -0.25) is 0 Å². The Kier molecular flexibility index (Phi) is 4.69. The minimum Gasteiger partial charge on any atom is -0.393 e. The van der Waals surface area contributed by atoms with E-state index in [-0.39, 0.29) is 11.6 Å². The van der Waals surface area contributed by atoms with Gasteiger partial charge in [-0.15, -0.1) is 0 Å². The van der Waals surface area contributed by atoms with Crippen LogP contribution in [0.4, 0.5) is 0 Å². The normalized spacial score (nSPS) is 15.0. The summed E-state index contributed by atoms with van der Waals surface area (Å²) in [6.07, 6.45) is 1.79. The smallest absolute Gasteiger partial charge is 0.0512 e. The quantitative estimate of drug-likeness (QED) is 0.610. The van der Waals surface area contributed by atoms with Crippen molar-refractivity contribution in [3.8, 4) is 0 Å². The van der Waals surface area contributed by atoms with Gasteiger partial charge >= 0.3 is 0 Å². The number of hydrogen-bond donors (Lipinski definition) is 2. The highest BCUT2D eigenvalue weighted by molar-refractivity contribution is 4.69. The van der Waals surface area contributed by atoms with Gasteiger partial charge in [0.25, 0.3) is 0 Å². The van der Waals surface area contributed by atoms with Gasteiger partial charge in [0.1, 0.15) is 0 Å². The lowest BCUT2D eigenvalue weighted by atomic mass is 10.1. The summed E-state index contributed by atoms with van der Waals surface area (Å²) in [5.41, 5.74) is 0.207. The van der Waals surface area contributed by atoms with Crippen LogP contribution in [-0.4, -0.2) is 23.3 Å². The molecule has 1 unspecified atom stereocenters. The van der Waals surface area contributed by atoms with Gasteiger partial charge < -0.3 is 10.4 Å². The maximum absolute atomic E-state index is 8.95. The molecule has 11 heavy (non-hydrogen) atoms. The Labute approximate surface area is 70.0 Å². The molecule has 68 valence electrons. The van der Waals surface area contributed by atoms with Crippen molar-refractivity contribution in [3.63, 3.8) is 0 Å². The molecule has 0 aromatic rings. The number of hydrogen-bond acceptors (Lipinski definition) is 2. The van der Waals surface area contributed by atoms with Crippen LogP contribution < -0.4 is 5.32 Å². The molecule has 2 N–H and O–H groups in total. The van der Waals surface area contributed by atoms with Crippen LogP contribution in [0.1, 0.15) is 40.5 Å². The zero-order valence-corrected chi connectivity index (χ0v) is 8.15. The molecule has 0 aromatic carbocycles. The Morgan fingerprint density at radius 3 is 2.27 bits per heavy atom. The average molecular weight is 159 g/mol. The molecule has 0 spiro atoms. The molecule has 0 radical (unpaired) electrons. The van der Waals surface area contributed by atoms with E-state index >= 15 is 0 Å². The van der Waals surface area contributed by atoms with Gasteiger partial charge in [-0.05, 0) is 47.1 Å². The van der Waals surface area contributed by atoms with Gasteiger partial charge in [0.2, 0.25) is 0 Å². The van der Waals surface area contributed by atoms with Gasteiger partial charge in [-0.1, -0.05) is 0 Å². The van der Waals surface area contributed by atoms with E-state index in [2.05, 4.69) is 26.1 Å². The van der Waals surface area contributed by atoms with Crippen LogP contribution >= 0.6 is 0 Å². The van der Waals surface area contributed by atoms with Crippen molar-refractivity contribution in [1.29, 1.82) is 0 Å². The summed E-state index contributed by atoms with van der Waals surface area (Å²) in [4.78, 5) is 0. The van der Waals surface area contributed by atoms with Crippen molar-refractivity contribution in [2.75, 3.05) is 6.54 Å². The fraction of sp³-hybridized carbons (Fsp3) is 1.00. The van der Waals surface area contributed by atoms with Crippen LogP contribution in [0.25, 0.3) is 0 Å². The van der Waals surface area contributed by atoms with Gasteiger partial charge in [0.15, 0.2) is 0 Å². The second-order valence-electron chi connectivity index (χ2n) is 4.17. The molecule has 0 saturated heterocycles. The molecule has 0 heterocycles. The molecular formula is C9H21NO. The van der Waals surface area contributed by atoms with Crippen molar-refractivity contribution in [1.82, 2.24) is 5.32 Å². The Morgan fingerprint density at radius 1 is 1.36 bits per heavy atom. The van der Waals surface area contributed by atoms with Gasteiger partial charge in [-0.25, -0.2) is 0 Å². The zero-order chi connectivity index (χ0) is 8.91. The fourth-order valence-corrected chi connectivity index (χ4v) is 0.861. The van der Waals surface area contributed by atoms with E-state index < -0.39 is 0 Å². The van der Waals surface area contributed by atoms with Crippen LogP contribution in [0.15, 0.2) is 0 Å². The summed E-state index contributed by atoms with van der Waals surface area (Å²) in [5.74, 6) is 0. The molecule has 0 saturated carbocycles. The lowest BCUT2D eigenvalue weighted by Gasteiger charge is -2.20. The molecule has 0 bridgehead atoms. The molecule has 0 aliphatic carbocycles. The number of aliphatic hydroxyl groups excluding tert-OH is 1. The van der Waals surface area contributed by atoms with E-state index in [9.17, 15) is 0 Å².